The fraction of sp³-hybridized carbons (Fsp3) is 0.381. The highest BCUT2D eigenvalue weighted by Crippen LogP contribution is 2.19. The van der Waals surface area contributed by atoms with E-state index in [1.807, 2.05) is 32.0 Å². The normalized spacial score (nSPS) is 15.2. The average Bonchev–Trinajstić information content (AvgIpc) is 3.13. The van der Waals surface area contributed by atoms with Gasteiger partial charge in [-0.3, -0.25) is 24.2 Å². The van der Waals surface area contributed by atoms with Crippen LogP contribution < -0.4 is 10.9 Å². The molecule has 9 heteroatoms. The van der Waals surface area contributed by atoms with E-state index in [1.54, 1.807) is 17.2 Å². The molecule has 0 unspecified atom stereocenters. The van der Waals surface area contributed by atoms with Crippen LogP contribution in [0.3, 0.4) is 0 Å². The monoisotopic (exact) mass is 414 g/mol. The van der Waals surface area contributed by atoms with Gasteiger partial charge in [-0.25, -0.2) is 0 Å². The molecule has 1 fully saturated rings. The number of carbonyl (C=O) groups excluding carboxylic acids is 2. The summed E-state index contributed by atoms with van der Waals surface area (Å²) in [5.41, 5.74) is 1.64. The van der Waals surface area contributed by atoms with Gasteiger partial charge in [0.1, 0.15) is 0 Å². The molecule has 9 nitrogen and oxygen atoms in total. The molecule has 30 heavy (non-hydrogen) atoms. The zero-order valence-electron chi connectivity index (χ0n) is 17.0. The van der Waals surface area contributed by atoms with Gasteiger partial charge in [0.2, 0.25) is 11.5 Å². The molecule has 1 aliphatic heterocycles. The predicted octanol–water partition coefficient (Wildman–Crippen LogP) is 1.52. The second-order valence-corrected chi connectivity index (χ2v) is 7.22. The SMILES string of the molecule is CC(C)c1[nH]c(=O)ccc1C(=O)N(Cc1ccccn1)C[C@@H]1CCC(=O)N1.O=CO. The highest BCUT2D eigenvalue weighted by atomic mass is 16.3. The molecule has 2 aromatic heterocycles. The Morgan fingerprint density at radius 2 is 2.03 bits per heavy atom. The third kappa shape index (κ3) is 6.26. The standard InChI is InChI=1S/C20H24N4O3.CH2O2/c1-13(2)19-16(7-9-18(26)23-19)20(27)24(11-14-5-3-4-10-21-14)12-15-6-8-17(25)22-15;2-1-3/h3-5,7,9-10,13,15H,6,8,11-12H2,1-2H3,(H,22,25)(H,23,26);1H,(H,2,3)/t15-;/m0./s1. The van der Waals surface area contributed by atoms with Crippen LogP contribution >= 0.6 is 0 Å². The van der Waals surface area contributed by atoms with E-state index in [9.17, 15) is 14.4 Å². The fourth-order valence-electron chi connectivity index (χ4n) is 3.29. The lowest BCUT2D eigenvalue weighted by Gasteiger charge is -2.27. The van der Waals surface area contributed by atoms with Crippen LogP contribution in [-0.2, 0) is 16.1 Å². The van der Waals surface area contributed by atoms with Crippen molar-refractivity contribution in [3.8, 4) is 0 Å². The number of carboxylic acid groups (broad SMARTS) is 1. The molecule has 3 rings (SSSR count). The molecule has 0 aromatic carbocycles. The Hall–Kier alpha value is -3.49. The summed E-state index contributed by atoms with van der Waals surface area (Å²) in [4.78, 5) is 53.7. The van der Waals surface area contributed by atoms with Gasteiger partial charge in [-0.1, -0.05) is 19.9 Å². The van der Waals surface area contributed by atoms with Crippen LogP contribution in [0.15, 0.2) is 41.3 Å². The van der Waals surface area contributed by atoms with Gasteiger partial charge >= 0.3 is 0 Å². The molecule has 0 radical (unpaired) electrons. The summed E-state index contributed by atoms with van der Waals surface area (Å²) in [6.07, 6.45) is 2.87. The quantitative estimate of drug-likeness (QED) is 0.614. The minimum Gasteiger partial charge on any atom is -0.483 e. The van der Waals surface area contributed by atoms with E-state index >= 15 is 0 Å². The summed E-state index contributed by atoms with van der Waals surface area (Å²) in [7, 11) is 0. The van der Waals surface area contributed by atoms with Crippen molar-refractivity contribution in [1.82, 2.24) is 20.2 Å². The largest absolute Gasteiger partial charge is 0.483 e. The van der Waals surface area contributed by atoms with Crippen LogP contribution in [0.5, 0.6) is 0 Å². The van der Waals surface area contributed by atoms with Crippen molar-refractivity contribution < 1.29 is 19.5 Å². The zero-order chi connectivity index (χ0) is 22.1. The molecule has 1 atom stereocenters. The van der Waals surface area contributed by atoms with Gasteiger partial charge in [0.25, 0.3) is 12.4 Å². The first-order valence-corrected chi connectivity index (χ1v) is 9.65. The number of hydrogen-bond donors (Lipinski definition) is 3. The topological polar surface area (TPSA) is 132 Å². The van der Waals surface area contributed by atoms with Crippen molar-refractivity contribution in [3.05, 3.63) is 63.8 Å². The number of nitrogens with zero attached hydrogens (tertiary/aromatic N) is 2. The summed E-state index contributed by atoms with van der Waals surface area (Å²) < 4.78 is 0. The van der Waals surface area contributed by atoms with E-state index in [0.29, 0.717) is 37.2 Å². The summed E-state index contributed by atoms with van der Waals surface area (Å²) in [5, 5.41) is 9.80. The van der Waals surface area contributed by atoms with Crippen LogP contribution in [0.25, 0.3) is 0 Å². The number of rotatable bonds is 6. The van der Waals surface area contributed by atoms with E-state index in [4.69, 9.17) is 9.90 Å². The van der Waals surface area contributed by atoms with Crippen LogP contribution in [0.2, 0.25) is 0 Å². The van der Waals surface area contributed by atoms with Gasteiger partial charge in [0, 0.05) is 37.0 Å². The number of amides is 2. The fourth-order valence-corrected chi connectivity index (χ4v) is 3.29. The van der Waals surface area contributed by atoms with Crippen molar-refractivity contribution in [2.45, 2.75) is 45.2 Å². The highest BCUT2D eigenvalue weighted by molar-refractivity contribution is 5.95. The van der Waals surface area contributed by atoms with Crippen LogP contribution in [0.4, 0.5) is 0 Å². The maximum Gasteiger partial charge on any atom is 0.290 e. The van der Waals surface area contributed by atoms with Crippen LogP contribution in [-0.4, -0.2) is 50.8 Å². The number of aromatic amines is 1. The van der Waals surface area contributed by atoms with E-state index in [2.05, 4.69) is 15.3 Å². The molecule has 1 aliphatic rings. The molecule has 0 saturated carbocycles. The molecule has 0 bridgehead atoms. The number of carbonyl (C=O) groups is 3. The number of aromatic nitrogens is 2. The Kier molecular flexibility index (Phi) is 8.28. The molecular weight excluding hydrogens is 388 g/mol. The number of pyridine rings is 2. The molecule has 2 amide bonds. The van der Waals surface area contributed by atoms with Gasteiger partial charge < -0.3 is 20.3 Å². The number of nitrogens with one attached hydrogen (secondary N) is 2. The third-order valence-corrected chi connectivity index (χ3v) is 4.65. The van der Waals surface area contributed by atoms with E-state index < -0.39 is 0 Å². The van der Waals surface area contributed by atoms with Gasteiger partial charge in [0.05, 0.1) is 17.8 Å². The minimum absolute atomic E-state index is 0.000679. The van der Waals surface area contributed by atoms with E-state index in [0.717, 1.165) is 5.69 Å². The summed E-state index contributed by atoms with van der Waals surface area (Å²) in [6, 6.07) is 8.44. The highest BCUT2D eigenvalue weighted by Gasteiger charge is 2.27. The van der Waals surface area contributed by atoms with Crippen molar-refractivity contribution in [2.24, 2.45) is 0 Å². The lowest BCUT2D eigenvalue weighted by Crippen LogP contribution is -2.42. The molecule has 1 saturated heterocycles. The minimum atomic E-state index is -0.250. The summed E-state index contributed by atoms with van der Waals surface area (Å²) >= 11 is 0. The van der Waals surface area contributed by atoms with Crippen molar-refractivity contribution >= 4 is 18.3 Å². The Bertz CT molecular complexity index is 926. The molecule has 3 N–H and O–H groups in total. The second kappa shape index (κ2) is 10.9. The number of H-pyrrole nitrogens is 1. The van der Waals surface area contributed by atoms with E-state index in [1.165, 1.54) is 6.07 Å². The zero-order valence-corrected chi connectivity index (χ0v) is 17.0. The predicted molar refractivity (Wildman–Crippen MR) is 110 cm³/mol. The second-order valence-electron chi connectivity index (χ2n) is 7.22. The molecule has 160 valence electrons. The van der Waals surface area contributed by atoms with E-state index in [-0.39, 0.29) is 35.8 Å². The van der Waals surface area contributed by atoms with Gasteiger partial charge in [-0.2, -0.15) is 0 Å². The van der Waals surface area contributed by atoms with Gasteiger partial charge in [-0.15, -0.1) is 0 Å². The summed E-state index contributed by atoms with van der Waals surface area (Å²) in [6.45, 7) is 4.35. The van der Waals surface area contributed by atoms with Crippen LogP contribution in [0.1, 0.15) is 54.4 Å². The smallest absolute Gasteiger partial charge is 0.290 e. The van der Waals surface area contributed by atoms with Crippen molar-refractivity contribution in [1.29, 1.82) is 0 Å². The van der Waals surface area contributed by atoms with Crippen LogP contribution in [0, 0.1) is 0 Å². The van der Waals surface area contributed by atoms with Gasteiger partial charge in [-0.05, 0) is 30.5 Å². The molecule has 3 heterocycles. The Balaban J connectivity index is 0.00000101. The first-order valence-electron chi connectivity index (χ1n) is 9.65. The average molecular weight is 414 g/mol. The Morgan fingerprint density at radius 1 is 1.30 bits per heavy atom. The lowest BCUT2D eigenvalue weighted by atomic mass is 10.0. The first kappa shape index (κ1) is 22.8. The number of hydrogen-bond acceptors (Lipinski definition) is 5. The summed E-state index contributed by atoms with van der Waals surface area (Å²) in [5.74, 6) is -0.167. The third-order valence-electron chi connectivity index (χ3n) is 4.65. The Labute approximate surface area is 174 Å². The Morgan fingerprint density at radius 3 is 2.60 bits per heavy atom. The molecular formula is C21H26N4O5. The molecule has 2 aromatic rings. The molecule has 0 spiro atoms. The van der Waals surface area contributed by atoms with Gasteiger partial charge in [0.15, 0.2) is 0 Å². The maximum absolute atomic E-state index is 13.3. The first-order chi connectivity index (χ1) is 14.3. The maximum atomic E-state index is 13.3. The van der Waals surface area contributed by atoms with Crippen molar-refractivity contribution in [3.63, 3.8) is 0 Å². The molecule has 0 aliphatic carbocycles. The lowest BCUT2D eigenvalue weighted by molar-refractivity contribution is -0.123. The van der Waals surface area contributed by atoms with Crippen molar-refractivity contribution in [2.75, 3.05) is 6.54 Å².